The highest BCUT2D eigenvalue weighted by atomic mass is 16.7. The highest BCUT2D eigenvalue weighted by molar-refractivity contribution is 5.69. The van der Waals surface area contributed by atoms with Crippen molar-refractivity contribution in [2.45, 2.75) is 70.4 Å². The van der Waals surface area contributed by atoms with E-state index in [1.807, 2.05) is 44.2 Å². The molecule has 0 radical (unpaired) electrons. The van der Waals surface area contributed by atoms with E-state index in [2.05, 4.69) is 10.2 Å². The number of carbonyl (C=O) groups excluding carboxylic acids is 1. The number of aromatic nitrogens is 2. The van der Waals surface area contributed by atoms with Crippen LogP contribution in [0.25, 0.3) is 0 Å². The third kappa shape index (κ3) is 6.75. The normalized spacial score (nSPS) is 23.0. The molecule has 1 saturated heterocycles. The molecular formula is C28H34N2O9. The number of benzene rings is 2. The Labute approximate surface area is 225 Å². The molecule has 39 heavy (non-hydrogen) atoms. The summed E-state index contributed by atoms with van der Waals surface area (Å²) in [5.74, 6) is 0.877. The van der Waals surface area contributed by atoms with Crippen molar-refractivity contribution in [2.75, 3.05) is 6.61 Å². The number of nitrogens with one attached hydrogen (secondary N) is 1. The van der Waals surface area contributed by atoms with E-state index >= 15 is 0 Å². The first-order chi connectivity index (χ1) is 18.7. The molecule has 2 aromatic carbocycles. The minimum atomic E-state index is -1.57. The number of aliphatic hydroxyl groups excluding tert-OH is 4. The van der Waals surface area contributed by atoms with Gasteiger partial charge < -0.3 is 39.4 Å². The summed E-state index contributed by atoms with van der Waals surface area (Å²) in [5.41, 5.74) is 3.17. The average molecular weight is 543 g/mol. The zero-order chi connectivity index (χ0) is 28.1. The van der Waals surface area contributed by atoms with Crippen LogP contribution in [0.5, 0.6) is 17.4 Å². The number of carbonyl (C=O) groups is 1. The maximum absolute atomic E-state index is 11.3. The molecule has 1 aliphatic heterocycles. The van der Waals surface area contributed by atoms with Gasteiger partial charge >= 0.3 is 5.97 Å². The van der Waals surface area contributed by atoms with E-state index in [0.717, 1.165) is 16.8 Å². The molecule has 0 bridgehead atoms. The molecule has 5 N–H and O–H groups in total. The lowest BCUT2D eigenvalue weighted by atomic mass is 9.98. The monoisotopic (exact) mass is 542 g/mol. The van der Waals surface area contributed by atoms with E-state index in [4.69, 9.17) is 18.9 Å². The number of aliphatic hydroxyl groups is 4. The third-order valence-electron chi connectivity index (χ3n) is 6.41. The van der Waals surface area contributed by atoms with E-state index in [1.54, 1.807) is 18.2 Å². The Balaban J connectivity index is 1.55. The quantitative estimate of drug-likeness (QED) is 0.189. The second-order valence-corrected chi connectivity index (χ2v) is 9.71. The van der Waals surface area contributed by atoms with Gasteiger partial charge in [-0.1, -0.05) is 44.2 Å². The number of ether oxygens (including phenoxy) is 4. The van der Waals surface area contributed by atoms with E-state index in [9.17, 15) is 25.2 Å². The van der Waals surface area contributed by atoms with Gasteiger partial charge in [0.1, 0.15) is 42.5 Å². The van der Waals surface area contributed by atoms with Crippen molar-refractivity contribution in [3.63, 3.8) is 0 Å². The van der Waals surface area contributed by atoms with E-state index < -0.39 is 43.3 Å². The van der Waals surface area contributed by atoms with Gasteiger partial charge in [-0.15, -0.1) is 5.10 Å². The lowest BCUT2D eigenvalue weighted by Gasteiger charge is -2.39. The molecular weight excluding hydrogens is 508 g/mol. The van der Waals surface area contributed by atoms with Crippen molar-refractivity contribution < 1.29 is 44.2 Å². The largest absolute Gasteiger partial charge is 0.489 e. The average Bonchev–Trinajstić information content (AvgIpc) is 3.30. The summed E-state index contributed by atoms with van der Waals surface area (Å²) < 4.78 is 22.7. The molecule has 11 heteroatoms. The Morgan fingerprint density at radius 1 is 1.08 bits per heavy atom. The van der Waals surface area contributed by atoms with Gasteiger partial charge in [0.15, 0.2) is 0 Å². The maximum atomic E-state index is 11.3. The number of aromatic amines is 1. The molecule has 0 amide bonds. The van der Waals surface area contributed by atoms with Gasteiger partial charge in [0, 0.05) is 24.6 Å². The van der Waals surface area contributed by atoms with Crippen LogP contribution < -0.4 is 14.2 Å². The van der Waals surface area contributed by atoms with E-state index in [0.29, 0.717) is 23.5 Å². The number of H-pyrrole nitrogens is 1. The Morgan fingerprint density at radius 2 is 1.85 bits per heavy atom. The smallest absolute Gasteiger partial charge is 0.308 e. The summed E-state index contributed by atoms with van der Waals surface area (Å²) in [4.78, 5) is 11.3. The molecule has 1 aliphatic rings. The molecule has 5 atom stereocenters. The number of nitrogens with zero attached hydrogens (tertiary/aromatic N) is 1. The van der Waals surface area contributed by atoms with Crippen LogP contribution in [0.1, 0.15) is 49.1 Å². The fourth-order valence-corrected chi connectivity index (χ4v) is 4.39. The lowest BCUT2D eigenvalue weighted by Crippen LogP contribution is -2.60. The molecule has 2 heterocycles. The predicted octanol–water partition coefficient (Wildman–Crippen LogP) is 1.81. The molecule has 11 nitrogen and oxygen atoms in total. The standard InChI is InChI=1S/C28H34N2O9/c1-15(2)23-20(27(30-29-23)39-28-26(35)25(34)24(33)22(13-31)38-28)12-18-8-4-5-10-21(18)36-14-17-7-6-9-19(11-17)37-16(3)32/h4-11,15,22,24-26,28,31,33-35H,12-14H2,1-3H3,(H,29,30)/t22-,24-,25+,26-,28?/m1/s1. The van der Waals surface area contributed by atoms with Gasteiger partial charge in [-0.05, 0) is 35.2 Å². The minimum absolute atomic E-state index is 0.0525. The highest BCUT2D eigenvalue weighted by Gasteiger charge is 2.45. The number of hydrogen-bond donors (Lipinski definition) is 5. The molecule has 1 aromatic heterocycles. The summed E-state index contributed by atoms with van der Waals surface area (Å²) >= 11 is 0. The summed E-state index contributed by atoms with van der Waals surface area (Å²) in [6.45, 7) is 5.00. The summed E-state index contributed by atoms with van der Waals surface area (Å²) in [5, 5.41) is 47.4. The van der Waals surface area contributed by atoms with Gasteiger partial charge in [-0.25, -0.2) is 0 Å². The summed E-state index contributed by atoms with van der Waals surface area (Å²) in [7, 11) is 0. The van der Waals surface area contributed by atoms with E-state index in [1.165, 1.54) is 6.92 Å². The number of esters is 1. The molecule has 0 saturated carbocycles. The molecule has 4 rings (SSSR count). The van der Waals surface area contributed by atoms with Crippen molar-refractivity contribution in [3.8, 4) is 17.4 Å². The predicted molar refractivity (Wildman–Crippen MR) is 138 cm³/mol. The molecule has 0 spiro atoms. The second-order valence-electron chi connectivity index (χ2n) is 9.71. The van der Waals surface area contributed by atoms with Crippen molar-refractivity contribution in [1.29, 1.82) is 0 Å². The highest BCUT2D eigenvalue weighted by Crippen LogP contribution is 2.33. The second kappa shape index (κ2) is 12.6. The molecule has 1 unspecified atom stereocenters. The zero-order valence-corrected chi connectivity index (χ0v) is 22.0. The summed E-state index contributed by atoms with van der Waals surface area (Å²) in [6.07, 6.45) is -6.73. The van der Waals surface area contributed by atoms with Crippen LogP contribution >= 0.6 is 0 Å². The maximum Gasteiger partial charge on any atom is 0.308 e. The Kier molecular flexibility index (Phi) is 9.20. The van der Waals surface area contributed by atoms with Crippen molar-refractivity contribution in [1.82, 2.24) is 10.2 Å². The zero-order valence-electron chi connectivity index (χ0n) is 22.0. The Hall–Kier alpha value is -3.48. The summed E-state index contributed by atoms with van der Waals surface area (Å²) in [6, 6.07) is 14.6. The minimum Gasteiger partial charge on any atom is -0.489 e. The van der Waals surface area contributed by atoms with Gasteiger partial charge in [-0.3, -0.25) is 9.89 Å². The van der Waals surface area contributed by atoms with Gasteiger partial charge in [0.05, 0.1) is 6.61 Å². The topological polar surface area (TPSA) is 164 Å². The molecule has 3 aromatic rings. The Bertz CT molecular complexity index is 1260. The number of rotatable bonds is 10. The van der Waals surface area contributed by atoms with Crippen molar-refractivity contribution in [2.24, 2.45) is 0 Å². The fourth-order valence-electron chi connectivity index (χ4n) is 4.39. The third-order valence-corrected chi connectivity index (χ3v) is 6.41. The van der Waals surface area contributed by atoms with Crippen LogP contribution in [-0.2, 0) is 22.6 Å². The van der Waals surface area contributed by atoms with Crippen LogP contribution in [0.2, 0.25) is 0 Å². The van der Waals surface area contributed by atoms with Crippen LogP contribution in [-0.4, -0.2) is 73.9 Å². The van der Waals surface area contributed by atoms with E-state index in [-0.39, 0.29) is 18.4 Å². The molecule has 210 valence electrons. The van der Waals surface area contributed by atoms with Crippen LogP contribution in [0, 0.1) is 0 Å². The first-order valence-corrected chi connectivity index (χ1v) is 12.7. The van der Waals surface area contributed by atoms with Crippen molar-refractivity contribution in [3.05, 3.63) is 70.9 Å². The van der Waals surface area contributed by atoms with Crippen LogP contribution in [0.4, 0.5) is 0 Å². The first kappa shape index (κ1) is 28.5. The number of hydrogen-bond acceptors (Lipinski definition) is 10. The Morgan fingerprint density at radius 3 is 2.56 bits per heavy atom. The SMILES string of the molecule is CC(=O)Oc1cccc(COc2ccccc2Cc2c(OC3O[C@H](CO)[C@@H](O)[C@H](O)[C@H]3O)n[nH]c2C(C)C)c1. The molecule has 1 fully saturated rings. The van der Waals surface area contributed by atoms with Crippen LogP contribution in [0.15, 0.2) is 48.5 Å². The fraction of sp³-hybridized carbons (Fsp3) is 0.429. The lowest BCUT2D eigenvalue weighted by molar-refractivity contribution is -0.278. The van der Waals surface area contributed by atoms with Crippen molar-refractivity contribution >= 4 is 5.97 Å². The van der Waals surface area contributed by atoms with Crippen LogP contribution in [0.3, 0.4) is 0 Å². The number of para-hydroxylation sites is 1. The first-order valence-electron chi connectivity index (χ1n) is 12.7. The van der Waals surface area contributed by atoms with Gasteiger partial charge in [-0.2, -0.15) is 0 Å². The van der Waals surface area contributed by atoms with Gasteiger partial charge in [0.25, 0.3) is 0 Å². The molecule has 0 aliphatic carbocycles. The van der Waals surface area contributed by atoms with Gasteiger partial charge in [0.2, 0.25) is 12.2 Å².